The van der Waals surface area contributed by atoms with Crippen LogP contribution in [0.2, 0.25) is 0 Å². The Morgan fingerprint density at radius 1 is 1.75 bits per heavy atom. The van der Waals surface area contributed by atoms with Gasteiger partial charge in [-0.15, -0.1) is 0 Å². The van der Waals surface area contributed by atoms with Crippen molar-refractivity contribution in [1.29, 1.82) is 0 Å². The third-order valence-corrected chi connectivity index (χ3v) is 1.85. The topological polar surface area (TPSA) is 55.1 Å². The molecule has 0 radical (unpaired) electrons. The fraction of sp³-hybridized carbons (Fsp3) is 0.500. The van der Waals surface area contributed by atoms with Crippen molar-refractivity contribution < 1.29 is 9.90 Å². The van der Waals surface area contributed by atoms with Crippen LogP contribution in [0.25, 0.3) is 0 Å². The number of aryl methyl sites for hydroxylation is 2. The lowest BCUT2D eigenvalue weighted by Gasteiger charge is -2.04. The first-order valence-electron chi connectivity index (χ1n) is 3.75. The maximum Gasteiger partial charge on any atom is 0.312 e. The number of carboxylic acid groups (broad SMARTS) is 1. The number of nitrogens with zero attached hydrogens (tertiary/aromatic N) is 2. The van der Waals surface area contributed by atoms with E-state index in [0.29, 0.717) is 0 Å². The van der Waals surface area contributed by atoms with Crippen molar-refractivity contribution in [2.45, 2.75) is 19.8 Å². The van der Waals surface area contributed by atoms with Gasteiger partial charge in [-0.2, -0.15) is 5.10 Å². The predicted octanol–water partition coefficient (Wildman–Crippen LogP) is 0.917. The highest BCUT2D eigenvalue weighted by molar-refractivity contribution is 5.74. The van der Waals surface area contributed by atoms with E-state index in [2.05, 4.69) is 5.10 Å². The van der Waals surface area contributed by atoms with Crippen LogP contribution in [-0.2, 0) is 11.8 Å². The molecule has 0 saturated carbocycles. The molecule has 0 saturated heterocycles. The summed E-state index contributed by atoms with van der Waals surface area (Å²) in [5.41, 5.74) is 1.58. The van der Waals surface area contributed by atoms with Crippen LogP contribution in [0.1, 0.15) is 24.2 Å². The van der Waals surface area contributed by atoms with Crippen molar-refractivity contribution in [3.63, 3.8) is 0 Å². The minimum atomic E-state index is -0.821. The number of carbonyl (C=O) groups is 1. The van der Waals surface area contributed by atoms with Crippen LogP contribution in [0.3, 0.4) is 0 Å². The van der Waals surface area contributed by atoms with Crippen LogP contribution in [0, 0.1) is 6.92 Å². The van der Waals surface area contributed by atoms with Crippen molar-refractivity contribution in [2.24, 2.45) is 7.05 Å². The lowest BCUT2D eigenvalue weighted by Crippen LogP contribution is -2.11. The van der Waals surface area contributed by atoms with Crippen LogP contribution >= 0.6 is 0 Å². The molecule has 1 N–H and O–H groups in total. The maximum absolute atomic E-state index is 10.6. The molecule has 0 aliphatic heterocycles. The molecular weight excluding hydrogens is 156 g/mol. The Bertz CT molecular complexity index is 304. The van der Waals surface area contributed by atoms with Crippen LogP contribution in [0.15, 0.2) is 6.07 Å². The number of carboxylic acids is 1. The minimum absolute atomic E-state index is 0.490. The molecule has 1 unspecified atom stereocenters. The van der Waals surface area contributed by atoms with Gasteiger partial charge in [-0.3, -0.25) is 9.48 Å². The Morgan fingerprint density at radius 2 is 2.33 bits per heavy atom. The first-order chi connectivity index (χ1) is 5.52. The van der Waals surface area contributed by atoms with Gasteiger partial charge in [0.1, 0.15) is 0 Å². The second-order valence-electron chi connectivity index (χ2n) is 2.89. The fourth-order valence-corrected chi connectivity index (χ4v) is 1.16. The summed E-state index contributed by atoms with van der Waals surface area (Å²) in [5, 5.41) is 12.8. The second-order valence-corrected chi connectivity index (χ2v) is 2.89. The first-order valence-corrected chi connectivity index (χ1v) is 3.75. The molecule has 1 aromatic heterocycles. The van der Waals surface area contributed by atoms with Gasteiger partial charge in [-0.05, 0) is 19.9 Å². The Labute approximate surface area is 70.8 Å². The number of hydrogen-bond donors (Lipinski definition) is 1. The van der Waals surface area contributed by atoms with Crippen molar-refractivity contribution in [1.82, 2.24) is 9.78 Å². The lowest BCUT2D eigenvalue weighted by molar-refractivity contribution is -0.138. The average molecular weight is 168 g/mol. The number of hydrogen-bond acceptors (Lipinski definition) is 2. The van der Waals surface area contributed by atoms with Crippen LogP contribution in [0.5, 0.6) is 0 Å². The normalized spacial score (nSPS) is 12.9. The molecule has 1 rings (SSSR count). The van der Waals surface area contributed by atoms with Crippen molar-refractivity contribution >= 4 is 5.97 Å². The van der Waals surface area contributed by atoms with E-state index in [0.717, 1.165) is 11.4 Å². The standard InChI is InChI=1S/C8H12N2O2/c1-5-4-7(10(3)9-5)6(2)8(11)12/h4,6H,1-3H3,(H,11,12). The number of aliphatic carboxylic acids is 1. The summed E-state index contributed by atoms with van der Waals surface area (Å²) in [6.45, 7) is 3.50. The maximum atomic E-state index is 10.6. The zero-order chi connectivity index (χ0) is 9.30. The molecule has 0 bridgehead atoms. The van der Waals surface area contributed by atoms with Gasteiger partial charge < -0.3 is 5.11 Å². The van der Waals surface area contributed by atoms with Gasteiger partial charge in [0, 0.05) is 7.05 Å². The first kappa shape index (κ1) is 8.77. The molecule has 0 fully saturated rings. The second kappa shape index (κ2) is 2.97. The minimum Gasteiger partial charge on any atom is -0.481 e. The average Bonchev–Trinajstić information content (AvgIpc) is 2.28. The SMILES string of the molecule is Cc1cc(C(C)C(=O)O)n(C)n1. The molecule has 0 aliphatic carbocycles. The number of aromatic nitrogens is 2. The van der Waals surface area contributed by atoms with E-state index in [9.17, 15) is 4.79 Å². The summed E-state index contributed by atoms with van der Waals surface area (Å²) in [5.74, 6) is -1.31. The molecule has 0 amide bonds. The van der Waals surface area contributed by atoms with E-state index in [1.807, 2.05) is 6.92 Å². The molecule has 12 heavy (non-hydrogen) atoms. The largest absolute Gasteiger partial charge is 0.481 e. The summed E-state index contributed by atoms with van der Waals surface area (Å²) in [7, 11) is 1.75. The van der Waals surface area contributed by atoms with Gasteiger partial charge in [0.05, 0.1) is 17.3 Å². The van der Waals surface area contributed by atoms with Gasteiger partial charge in [0.25, 0.3) is 0 Å². The molecule has 1 atom stereocenters. The molecule has 1 heterocycles. The summed E-state index contributed by atoms with van der Waals surface area (Å²) in [6.07, 6.45) is 0. The molecule has 0 aliphatic rings. The third kappa shape index (κ3) is 1.47. The Kier molecular flexibility index (Phi) is 2.17. The zero-order valence-corrected chi connectivity index (χ0v) is 7.40. The summed E-state index contributed by atoms with van der Waals surface area (Å²) >= 11 is 0. The fourth-order valence-electron chi connectivity index (χ4n) is 1.16. The van der Waals surface area contributed by atoms with E-state index in [4.69, 9.17) is 5.11 Å². The van der Waals surface area contributed by atoms with Crippen molar-refractivity contribution in [2.75, 3.05) is 0 Å². The highest BCUT2D eigenvalue weighted by atomic mass is 16.4. The quantitative estimate of drug-likeness (QED) is 0.714. The highest BCUT2D eigenvalue weighted by Crippen LogP contribution is 2.15. The highest BCUT2D eigenvalue weighted by Gasteiger charge is 2.17. The van der Waals surface area contributed by atoms with Gasteiger partial charge in [0.2, 0.25) is 0 Å². The van der Waals surface area contributed by atoms with Crippen LogP contribution < -0.4 is 0 Å². The van der Waals surface area contributed by atoms with Gasteiger partial charge >= 0.3 is 5.97 Å². The van der Waals surface area contributed by atoms with Gasteiger partial charge in [-0.25, -0.2) is 0 Å². The lowest BCUT2D eigenvalue weighted by atomic mass is 10.1. The van der Waals surface area contributed by atoms with E-state index < -0.39 is 11.9 Å². The van der Waals surface area contributed by atoms with Crippen molar-refractivity contribution in [3.8, 4) is 0 Å². The molecule has 0 aromatic carbocycles. The Morgan fingerprint density at radius 3 is 2.67 bits per heavy atom. The van der Waals surface area contributed by atoms with E-state index in [-0.39, 0.29) is 0 Å². The molecule has 66 valence electrons. The Balaban J connectivity index is 3.02. The monoisotopic (exact) mass is 168 g/mol. The Hall–Kier alpha value is -1.32. The summed E-state index contributed by atoms with van der Waals surface area (Å²) in [4.78, 5) is 10.6. The predicted molar refractivity (Wildman–Crippen MR) is 44.0 cm³/mol. The zero-order valence-electron chi connectivity index (χ0n) is 7.40. The van der Waals surface area contributed by atoms with E-state index in [1.54, 1.807) is 24.7 Å². The number of rotatable bonds is 2. The van der Waals surface area contributed by atoms with Crippen LogP contribution in [0.4, 0.5) is 0 Å². The van der Waals surface area contributed by atoms with Gasteiger partial charge in [0.15, 0.2) is 0 Å². The molecular formula is C8H12N2O2. The van der Waals surface area contributed by atoms with Gasteiger partial charge in [-0.1, -0.05) is 0 Å². The molecule has 1 aromatic rings. The third-order valence-electron chi connectivity index (χ3n) is 1.85. The molecule has 4 heteroatoms. The molecule has 4 nitrogen and oxygen atoms in total. The van der Waals surface area contributed by atoms with Crippen molar-refractivity contribution in [3.05, 3.63) is 17.5 Å². The summed E-state index contributed by atoms with van der Waals surface area (Å²) in [6, 6.07) is 1.79. The smallest absolute Gasteiger partial charge is 0.312 e. The van der Waals surface area contributed by atoms with E-state index in [1.165, 1.54) is 0 Å². The molecule has 0 spiro atoms. The van der Waals surface area contributed by atoms with E-state index >= 15 is 0 Å². The van der Waals surface area contributed by atoms with Crippen LogP contribution in [-0.4, -0.2) is 20.9 Å². The summed E-state index contributed by atoms with van der Waals surface area (Å²) < 4.78 is 1.61.